The van der Waals surface area contributed by atoms with Crippen molar-refractivity contribution < 1.29 is 13.2 Å². The van der Waals surface area contributed by atoms with Gasteiger partial charge in [0.15, 0.2) is 5.03 Å². The average molecular weight is 267 g/mol. The molecule has 7 heteroatoms. The van der Waals surface area contributed by atoms with Gasteiger partial charge in [0.25, 0.3) is 10.0 Å². The largest absolute Gasteiger partial charge is 0.380 e. The Hall–Kier alpha value is -1.86. The number of aromatic amines is 1. The van der Waals surface area contributed by atoms with Crippen LogP contribution in [0.1, 0.15) is 5.56 Å². The summed E-state index contributed by atoms with van der Waals surface area (Å²) in [7, 11) is -2.03. The molecule has 2 N–H and O–H groups in total. The van der Waals surface area contributed by atoms with Crippen LogP contribution in [0.2, 0.25) is 0 Å². The summed E-state index contributed by atoms with van der Waals surface area (Å²) in [5.74, 6) is 0. The Labute approximate surface area is 105 Å². The van der Waals surface area contributed by atoms with Crippen LogP contribution in [0.4, 0.5) is 5.69 Å². The highest BCUT2D eigenvalue weighted by molar-refractivity contribution is 7.92. The maximum absolute atomic E-state index is 11.9. The Kier molecular flexibility index (Phi) is 3.63. The number of H-pyrrole nitrogens is 1. The van der Waals surface area contributed by atoms with Crippen molar-refractivity contribution in [1.82, 2.24) is 9.97 Å². The summed E-state index contributed by atoms with van der Waals surface area (Å²) in [6.45, 7) is 0.430. The highest BCUT2D eigenvalue weighted by atomic mass is 32.2. The van der Waals surface area contributed by atoms with E-state index in [4.69, 9.17) is 4.74 Å². The summed E-state index contributed by atoms with van der Waals surface area (Å²) in [6, 6.07) is 7.02. The fraction of sp³-hybridized carbons (Fsp3) is 0.182. The minimum atomic E-state index is -3.61. The number of nitrogens with one attached hydrogen (secondary N) is 2. The normalized spacial score (nSPS) is 11.4. The van der Waals surface area contributed by atoms with Gasteiger partial charge in [-0.25, -0.2) is 4.98 Å². The second kappa shape index (κ2) is 5.19. The molecule has 0 aliphatic rings. The molecule has 0 spiro atoms. The van der Waals surface area contributed by atoms with Gasteiger partial charge in [0, 0.05) is 12.8 Å². The smallest absolute Gasteiger partial charge is 0.278 e. The molecule has 0 radical (unpaired) electrons. The van der Waals surface area contributed by atoms with E-state index in [0.29, 0.717) is 12.3 Å². The van der Waals surface area contributed by atoms with Crippen molar-refractivity contribution in [3.63, 3.8) is 0 Å². The van der Waals surface area contributed by atoms with Gasteiger partial charge >= 0.3 is 0 Å². The summed E-state index contributed by atoms with van der Waals surface area (Å²) in [4.78, 5) is 6.23. The van der Waals surface area contributed by atoms with E-state index in [0.717, 1.165) is 5.56 Å². The number of hydrogen-bond donors (Lipinski definition) is 2. The van der Waals surface area contributed by atoms with E-state index in [9.17, 15) is 8.42 Å². The van der Waals surface area contributed by atoms with Gasteiger partial charge in [0.2, 0.25) is 0 Å². The number of hydrogen-bond acceptors (Lipinski definition) is 4. The van der Waals surface area contributed by atoms with Gasteiger partial charge in [-0.05, 0) is 17.7 Å². The Balaban J connectivity index is 2.21. The maximum atomic E-state index is 11.9. The molecule has 2 aromatic rings. The van der Waals surface area contributed by atoms with E-state index in [-0.39, 0.29) is 5.03 Å². The van der Waals surface area contributed by atoms with E-state index >= 15 is 0 Å². The lowest BCUT2D eigenvalue weighted by atomic mass is 10.2. The van der Waals surface area contributed by atoms with Crippen molar-refractivity contribution in [2.45, 2.75) is 11.6 Å². The molecule has 0 fully saturated rings. The molecular formula is C11H13N3O3S. The second-order valence-electron chi connectivity index (χ2n) is 3.65. The maximum Gasteiger partial charge on any atom is 0.278 e. The molecule has 96 valence electrons. The van der Waals surface area contributed by atoms with Gasteiger partial charge in [-0.15, -0.1) is 0 Å². The van der Waals surface area contributed by atoms with Gasteiger partial charge in [0.05, 0.1) is 19.1 Å². The molecule has 0 saturated carbocycles. The molecule has 6 nitrogen and oxygen atoms in total. The predicted octanol–water partition coefficient (Wildman–Crippen LogP) is 1.36. The third-order valence-electron chi connectivity index (χ3n) is 2.25. The fourth-order valence-electron chi connectivity index (χ4n) is 1.49. The number of imidazole rings is 1. The first-order valence-corrected chi connectivity index (χ1v) is 6.69. The van der Waals surface area contributed by atoms with Crippen LogP contribution in [-0.4, -0.2) is 25.5 Å². The molecule has 0 aliphatic heterocycles. The zero-order valence-electron chi connectivity index (χ0n) is 9.75. The van der Waals surface area contributed by atoms with Crippen molar-refractivity contribution in [2.24, 2.45) is 0 Å². The van der Waals surface area contributed by atoms with Gasteiger partial charge in [-0.3, -0.25) is 4.72 Å². The monoisotopic (exact) mass is 267 g/mol. The van der Waals surface area contributed by atoms with Crippen LogP contribution in [0.25, 0.3) is 0 Å². The summed E-state index contributed by atoms with van der Waals surface area (Å²) in [5, 5.41) is 0.0274. The summed E-state index contributed by atoms with van der Waals surface area (Å²) in [5.41, 5.74) is 1.38. The minimum Gasteiger partial charge on any atom is -0.380 e. The third kappa shape index (κ3) is 2.88. The number of methoxy groups -OCH3 is 1. The zero-order chi connectivity index (χ0) is 13.0. The van der Waals surface area contributed by atoms with Crippen molar-refractivity contribution >= 4 is 15.7 Å². The van der Waals surface area contributed by atoms with E-state index in [1.807, 2.05) is 6.07 Å². The number of ether oxygens (including phenoxy) is 1. The topological polar surface area (TPSA) is 84.1 Å². The highest BCUT2D eigenvalue weighted by Gasteiger charge is 2.15. The third-order valence-corrected chi connectivity index (χ3v) is 3.56. The lowest BCUT2D eigenvalue weighted by Crippen LogP contribution is -2.13. The molecule has 0 aliphatic carbocycles. The number of benzene rings is 1. The molecule has 0 atom stereocenters. The lowest BCUT2D eigenvalue weighted by molar-refractivity contribution is 0.185. The first-order chi connectivity index (χ1) is 8.62. The molecule has 0 unspecified atom stereocenters. The zero-order valence-corrected chi connectivity index (χ0v) is 10.6. The van der Waals surface area contributed by atoms with E-state index in [1.165, 1.54) is 12.5 Å². The molecular weight excluding hydrogens is 254 g/mol. The van der Waals surface area contributed by atoms with Crippen molar-refractivity contribution in [3.05, 3.63) is 42.4 Å². The summed E-state index contributed by atoms with van der Waals surface area (Å²) < 4.78 is 31.3. The van der Waals surface area contributed by atoms with Crippen molar-refractivity contribution in [2.75, 3.05) is 11.8 Å². The SMILES string of the molecule is COCc1cccc(NS(=O)(=O)c2cnc[nH]2)c1. The first-order valence-electron chi connectivity index (χ1n) is 5.21. The van der Waals surface area contributed by atoms with Crippen LogP contribution in [0.5, 0.6) is 0 Å². The standard InChI is InChI=1S/C11H13N3O3S/c1-17-7-9-3-2-4-10(5-9)14-18(15,16)11-6-12-8-13-11/h2-6,8,14H,7H2,1H3,(H,12,13). The van der Waals surface area contributed by atoms with Crippen LogP contribution >= 0.6 is 0 Å². The highest BCUT2D eigenvalue weighted by Crippen LogP contribution is 2.15. The van der Waals surface area contributed by atoms with Gasteiger partial charge in [-0.2, -0.15) is 8.42 Å². The molecule has 1 aromatic heterocycles. The van der Waals surface area contributed by atoms with Gasteiger partial charge in [0.1, 0.15) is 0 Å². The molecule has 2 rings (SSSR count). The quantitative estimate of drug-likeness (QED) is 0.856. The molecule has 18 heavy (non-hydrogen) atoms. The molecule has 0 amide bonds. The molecule has 1 heterocycles. The van der Waals surface area contributed by atoms with Crippen LogP contribution in [-0.2, 0) is 21.4 Å². The van der Waals surface area contributed by atoms with E-state index in [1.54, 1.807) is 25.3 Å². The fourth-order valence-corrected chi connectivity index (χ4v) is 2.45. The molecule has 0 bridgehead atoms. The average Bonchev–Trinajstić information content (AvgIpc) is 2.83. The van der Waals surface area contributed by atoms with Gasteiger partial charge < -0.3 is 9.72 Å². The van der Waals surface area contributed by atoms with Crippen LogP contribution in [0, 0.1) is 0 Å². The van der Waals surface area contributed by atoms with Crippen LogP contribution < -0.4 is 4.72 Å². The van der Waals surface area contributed by atoms with E-state index in [2.05, 4.69) is 14.7 Å². The number of sulfonamides is 1. The Morgan fingerprint density at radius 1 is 1.44 bits per heavy atom. The lowest BCUT2D eigenvalue weighted by Gasteiger charge is -2.07. The Bertz CT molecular complexity index is 608. The predicted molar refractivity (Wildman–Crippen MR) is 66.6 cm³/mol. The first kappa shape index (κ1) is 12.6. The van der Waals surface area contributed by atoms with Crippen molar-refractivity contribution in [1.29, 1.82) is 0 Å². The second-order valence-corrected chi connectivity index (χ2v) is 5.31. The van der Waals surface area contributed by atoms with Crippen molar-refractivity contribution in [3.8, 4) is 0 Å². The van der Waals surface area contributed by atoms with Gasteiger partial charge in [-0.1, -0.05) is 12.1 Å². The number of anilines is 1. The number of aromatic nitrogens is 2. The summed E-state index contributed by atoms with van der Waals surface area (Å²) >= 11 is 0. The molecule has 1 aromatic carbocycles. The number of nitrogens with zero attached hydrogens (tertiary/aromatic N) is 1. The summed E-state index contributed by atoms with van der Waals surface area (Å²) in [6.07, 6.45) is 2.57. The Morgan fingerprint density at radius 2 is 2.28 bits per heavy atom. The van der Waals surface area contributed by atoms with Crippen LogP contribution in [0.3, 0.4) is 0 Å². The molecule has 0 saturated heterocycles. The number of rotatable bonds is 5. The minimum absolute atomic E-state index is 0.0274. The Morgan fingerprint density at radius 3 is 2.94 bits per heavy atom. The van der Waals surface area contributed by atoms with Crippen LogP contribution in [0.15, 0.2) is 41.8 Å². The van der Waals surface area contributed by atoms with E-state index < -0.39 is 10.0 Å².